The van der Waals surface area contributed by atoms with Gasteiger partial charge >= 0.3 is 5.97 Å². The number of carboxylic acids is 1. The Hall–Kier alpha value is -1.35. The van der Waals surface area contributed by atoms with Crippen LogP contribution in [0, 0.1) is 0 Å². The Morgan fingerprint density at radius 2 is 2.19 bits per heavy atom. The van der Waals surface area contributed by atoms with Gasteiger partial charge in [0.2, 0.25) is 0 Å². The lowest BCUT2D eigenvalue weighted by molar-refractivity contribution is -0.136. The summed E-state index contributed by atoms with van der Waals surface area (Å²) in [7, 11) is 0. The minimum atomic E-state index is -0.761. The molecule has 1 aromatic rings. The van der Waals surface area contributed by atoms with Crippen LogP contribution in [0.25, 0.3) is 0 Å². The fraction of sp³-hybridized carbons (Fsp3) is 0.462. The minimum absolute atomic E-state index is 0.119. The standard InChI is InChI=1S/C13H17NO2/c15-13(16)9-10-5-1-2-6-11(10)12-7-3-4-8-14-12/h1-2,5-6,12,14H,3-4,7-9H2,(H,15,16). The second-order valence-electron chi connectivity index (χ2n) is 4.27. The van der Waals surface area contributed by atoms with Crippen molar-refractivity contribution in [3.8, 4) is 0 Å². The van der Waals surface area contributed by atoms with Crippen molar-refractivity contribution in [3.05, 3.63) is 35.4 Å². The van der Waals surface area contributed by atoms with Gasteiger partial charge in [-0.25, -0.2) is 0 Å². The van der Waals surface area contributed by atoms with Gasteiger partial charge in [0.05, 0.1) is 6.42 Å². The predicted octanol–water partition coefficient (Wildman–Crippen LogP) is 2.13. The lowest BCUT2D eigenvalue weighted by atomic mass is 9.92. The van der Waals surface area contributed by atoms with E-state index in [9.17, 15) is 4.79 Å². The third kappa shape index (κ3) is 2.61. The van der Waals surface area contributed by atoms with Gasteiger partial charge in [-0.15, -0.1) is 0 Å². The number of benzene rings is 1. The van der Waals surface area contributed by atoms with Gasteiger partial charge in [-0.3, -0.25) is 4.79 Å². The Bertz CT molecular complexity index is 370. The summed E-state index contributed by atoms with van der Waals surface area (Å²) < 4.78 is 0. The topological polar surface area (TPSA) is 49.3 Å². The van der Waals surface area contributed by atoms with E-state index < -0.39 is 5.97 Å². The number of hydrogen-bond donors (Lipinski definition) is 2. The highest BCUT2D eigenvalue weighted by atomic mass is 16.4. The Morgan fingerprint density at radius 1 is 1.38 bits per heavy atom. The van der Waals surface area contributed by atoms with E-state index in [-0.39, 0.29) is 6.42 Å². The van der Waals surface area contributed by atoms with Crippen molar-refractivity contribution < 1.29 is 9.90 Å². The summed E-state index contributed by atoms with van der Waals surface area (Å²) in [6, 6.07) is 8.19. The predicted molar refractivity (Wildman–Crippen MR) is 62.4 cm³/mol. The quantitative estimate of drug-likeness (QED) is 0.818. The average molecular weight is 219 g/mol. The Labute approximate surface area is 95.5 Å². The summed E-state index contributed by atoms with van der Waals surface area (Å²) in [5, 5.41) is 12.3. The zero-order chi connectivity index (χ0) is 11.4. The Morgan fingerprint density at radius 3 is 2.88 bits per heavy atom. The molecule has 2 rings (SSSR count). The molecule has 0 amide bonds. The van der Waals surface area contributed by atoms with Gasteiger partial charge in [0.15, 0.2) is 0 Å². The number of nitrogens with one attached hydrogen (secondary N) is 1. The first-order valence-electron chi connectivity index (χ1n) is 5.80. The molecule has 86 valence electrons. The number of rotatable bonds is 3. The van der Waals surface area contributed by atoms with E-state index in [0.29, 0.717) is 6.04 Å². The van der Waals surface area contributed by atoms with E-state index in [2.05, 4.69) is 5.32 Å². The first kappa shape index (κ1) is 11.1. The van der Waals surface area contributed by atoms with Crippen LogP contribution in [0.4, 0.5) is 0 Å². The van der Waals surface area contributed by atoms with Gasteiger partial charge in [-0.05, 0) is 30.5 Å². The van der Waals surface area contributed by atoms with E-state index in [0.717, 1.165) is 24.1 Å². The molecule has 0 aliphatic carbocycles. The molecule has 0 bridgehead atoms. The average Bonchev–Trinajstić information content (AvgIpc) is 2.30. The maximum atomic E-state index is 10.8. The smallest absolute Gasteiger partial charge is 0.307 e. The SMILES string of the molecule is O=C(O)Cc1ccccc1C1CCCCN1. The molecule has 2 N–H and O–H groups in total. The van der Waals surface area contributed by atoms with Gasteiger partial charge in [0, 0.05) is 6.04 Å². The van der Waals surface area contributed by atoms with Crippen molar-refractivity contribution in [2.24, 2.45) is 0 Å². The van der Waals surface area contributed by atoms with E-state index in [1.165, 1.54) is 12.8 Å². The van der Waals surface area contributed by atoms with Crippen LogP contribution in [0.15, 0.2) is 24.3 Å². The molecule has 1 fully saturated rings. The monoisotopic (exact) mass is 219 g/mol. The molecular formula is C13H17NO2. The van der Waals surface area contributed by atoms with Gasteiger partial charge < -0.3 is 10.4 Å². The largest absolute Gasteiger partial charge is 0.481 e. The van der Waals surface area contributed by atoms with Crippen molar-refractivity contribution in [3.63, 3.8) is 0 Å². The normalized spacial score (nSPS) is 20.6. The van der Waals surface area contributed by atoms with Crippen molar-refractivity contribution in [2.45, 2.75) is 31.7 Å². The molecule has 0 aromatic heterocycles. The fourth-order valence-corrected chi connectivity index (χ4v) is 2.32. The van der Waals surface area contributed by atoms with Crippen molar-refractivity contribution in [1.82, 2.24) is 5.32 Å². The zero-order valence-electron chi connectivity index (χ0n) is 9.28. The molecule has 1 aliphatic rings. The second-order valence-corrected chi connectivity index (χ2v) is 4.27. The van der Waals surface area contributed by atoms with Gasteiger partial charge in [-0.2, -0.15) is 0 Å². The van der Waals surface area contributed by atoms with Crippen LogP contribution in [0.1, 0.15) is 36.4 Å². The van der Waals surface area contributed by atoms with Crippen LogP contribution in [-0.2, 0) is 11.2 Å². The lowest BCUT2D eigenvalue weighted by Crippen LogP contribution is -2.27. The molecule has 1 aromatic carbocycles. The Balaban J connectivity index is 2.20. The van der Waals surface area contributed by atoms with Crippen LogP contribution in [0.2, 0.25) is 0 Å². The first-order valence-corrected chi connectivity index (χ1v) is 5.80. The first-order chi connectivity index (χ1) is 7.77. The molecule has 0 spiro atoms. The molecule has 1 unspecified atom stereocenters. The molecule has 3 nitrogen and oxygen atoms in total. The Kier molecular flexibility index (Phi) is 3.57. The third-order valence-corrected chi connectivity index (χ3v) is 3.08. The molecule has 0 radical (unpaired) electrons. The third-order valence-electron chi connectivity index (χ3n) is 3.08. The highest BCUT2D eigenvalue weighted by Crippen LogP contribution is 2.25. The lowest BCUT2D eigenvalue weighted by Gasteiger charge is -2.25. The molecule has 1 atom stereocenters. The summed E-state index contributed by atoms with van der Waals surface area (Å²) >= 11 is 0. The van der Waals surface area contributed by atoms with Gasteiger partial charge in [0.25, 0.3) is 0 Å². The van der Waals surface area contributed by atoms with Crippen LogP contribution in [0.5, 0.6) is 0 Å². The van der Waals surface area contributed by atoms with E-state index in [1.54, 1.807) is 0 Å². The van der Waals surface area contributed by atoms with Gasteiger partial charge in [0.1, 0.15) is 0 Å². The van der Waals surface area contributed by atoms with Crippen molar-refractivity contribution in [1.29, 1.82) is 0 Å². The molecule has 1 aliphatic heterocycles. The summed E-state index contributed by atoms with van der Waals surface area (Å²) in [5.74, 6) is -0.761. The maximum Gasteiger partial charge on any atom is 0.307 e. The fourth-order valence-electron chi connectivity index (χ4n) is 2.32. The van der Waals surface area contributed by atoms with Crippen LogP contribution in [-0.4, -0.2) is 17.6 Å². The molecule has 3 heteroatoms. The van der Waals surface area contributed by atoms with Crippen LogP contribution in [0.3, 0.4) is 0 Å². The van der Waals surface area contributed by atoms with Crippen molar-refractivity contribution >= 4 is 5.97 Å². The number of carboxylic acid groups (broad SMARTS) is 1. The van der Waals surface area contributed by atoms with E-state index >= 15 is 0 Å². The summed E-state index contributed by atoms with van der Waals surface area (Å²) in [4.78, 5) is 10.8. The number of hydrogen-bond acceptors (Lipinski definition) is 2. The van der Waals surface area contributed by atoms with E-state index in [1.807, 2.05) is 24.3 Å². The zero-order valence-corrected chi connectivity index (χ0v) is 9.28. The molecular weight excluding hydrogens is 202 g/mol. The summed E-state index contributed by atoms with van der Waals surface area (Å²) in [5.41, 5.74) is 2.10. The second kappa shape index (κ2) is 5.12. The van der Waals surface area contributed by atoms with Gasteiger partial charge in [-0.1, -0.05) is 30.7 Å². The molecule has 1 heterocycles. The van der Waals surface area contributed by atoms with Crippen LogP contribution >= 0.6 is 0 Å². The number of piperidine rings is 1. The van der Waals surface area contributed by atoms with Crippen molar-refractivity contribution in [2.75, 3.05) is 6.54 Å². The highest BCUT2D eigenvalue weighted by Gasteiger charge is 2.18. The summed E-state index contributed by atoms with van der Waals surface area (Å²) in [6.45, 7) is 1.03. The number of aliphatic carboxylic acids is 1. The minimum Gasteiger partial charge on any atom is -0.481 e. The van der Waals surface area contributed by atoms with E-state index in [4.69, 9.17) is 5.11 Å². The number of carbonyl (C=O) groups is 1. The maximum absolute atomic E-state index is 10.8. The van der Waals surface area contributed by atoms with Crippen LogP contribution < -0.4 is 5.32 Å². The molecule has 1 saturated heterocycles. The molecule has 16 heavy (non-hydrogen) atoms. The summed E-state index contributed by atoms with van der Waals surface area (Å²) in [6.07, 6.45) is 3.67. The molecule has 0 saturated carbocycles. The highest BCUT2D eigenvalue weighted by molar-refractivity contribution is 5.70.